The number of aliphatic imine (C=N–C) groups is 1. The lowest BCUT2D eigenvalue weighted by atomic mass is 10.2. The van der Waals surface area contributed by atoms with Crippen molar-refractivity contribution in [1.29, 1.82) is 0 Å². The van der Waals surface area contributed by atoms with E-state index in [0.717, 1.165) is 37.3 Å². The molecule has 2 N–H and O–H groups in total. The zero-order valence-corrected chi connectivity index (χ0v) is 15.9. The Balaban J connectivity index is 0.00000200. The molecule has 2 rings (SSSR count). The van der Waals surface area contributed by atoms with Gasteiger partial charge in [-0.1, -0.05) is 0 Å². The van der Waals surface area contributed by atoms with Gasteiger partial charge in [0.1, 0.15) is 0 Å². The molecule has 1 saturated heterocycles. The van der Waals surface area contributed by atoms with Gasteiger partial charge in [0, 0.05) is 18.3 Å². The number of thiophene rings is 1. The highest BCUT2D eigenvalue weighted by Crippen LogP contribution is 2.25. The molecule has 0 radical (unpaired) electrons. The van der Waals surface area contributed by atoms with Crippen molar-refractivity contribution in [3.8, 4) is 0 Å². The molecule has 0 spiro atoms. The van der Waals surface area contributed by atoms with Crippen LogP contribution in [0.5, 0.6) is 0 Å². The molecule has 3 nitrogen and oxygen atoms in total. The van der Waals surface area contributed by atoms with E-state index in [1.807, 2.05) is 0 Å². The fourth-order valence-corrected chi connectivity index (χ4v) is 3.97. The second kappa shape index (κ2) is 10.7. The summed E-state index contributed by atoms with van der Waals surface area (Å²) in [7, 11) is 0. The Kier molecular flexibility index (Phi) is 9.71. The van der Waals surface area contributed by atoms with E-state index < -0.39 is 0 Å². The Bertz CT molecular complexity index is 376. The monoisotopic (exact) mass is 425 g/mol. The maximum atomic E-state index is 4.69. The average molecular weight is 425 g/mol. The lowest BCUT2D eigenvalue weighted by Crippen LogP contribution is -2.38. The van der Waals surface area contributed by atoms with Gasteiger partial charge in [-0.05, 0) is 54.3 Å². The topological polar surface area (TPSA) is 36.4 Å². The third kappa shape index (κ3) is 6.67. The molecule has 0 bridgehead atoms. The average Bonchev–Trinajstić information content (AvgIpc) is 3.09. The van der Waals surface area contributed by atoms with Crippen LogP contribution in [0.15, 0.2) is 21.8 Å². The number of guanidine groups is 1. The van der Waals surface area contributed by atoms with Crippen LogP contribution >= 0.6 is 47.1 Å². The number of hydrogen-bond acceptors (Lipinski definition) is 3. The van der Waals surface area contributed by atoms with E-state index in [2.05, 4.69) is 46.1 Å². The van der Waals surface area contributed by atoms with Crippen molar-refractivity contribution >= 4 is 53.0 Å². The Morgan fingerprint density at radius 1 is 1.45 bits per heavy atom. The molecule has 0 saturated carbocycles. The molecule has 6 heteroatoms. The smallest absolute Gasteiger partial charge is 0.191 e. The second-order valence-corrected chi connectivity index (χ2v) is 6.85. The molecule has 0 aromatic carbocycles. The Hall–Kier alpha value is 0.0500. The van der Waals surface area contributed by atoms with Crippen LogP contribution in [-0.2, 0) is 6.42 Å². The van der Waals surface area contributed by atoms with E-state index in [-0.39, 0.29) is 24.0 Å². The lowest BCUT2D eigenvalue weighted by molar-refractivity contribution is 0.761. The minimum atomic E-state index is 0. The predicted molar refractivity (Wildman–Crippen MR) is 103 cm³/mol. The Labute approximate surface area is 147 Å². The molecule has 1 aromatic heterocycles. The van der Waals surface area contributed by atoms with Gasteiger partial charge in [0.2, 0.25) is 0 Å². The van der Waals surface area contributed by atoms with E-state index in [0.29, 0.717) is 0 Å². The van der Waals surface area contributed by atoms with Crippen LogP contribution in [0, 0.1) is 0 Å². The van der Waals surface area contributed by atoms with E-state index in [1.165, 1.54) is 24.2 Å². The van der Waals surface area contributed by atoms with Crippen LogP contribution in [0.2, 0.25) is 0 Å². The van der Waals surface area contributed by atoms with Crippen molar-refractivity contribution in [2.45, 2.75) is 31.4 Å². The zero-order valence-electron chi connectivity index (χ0n) is 11.9. The van der Waals surface area contributed by atoms with Crippen LogP contribution in [0.1, 0.15) is 25.3 Å². The molecule has 1 unspecified atom stereocenters. The molecule has 1 aromatic rings. The quantitative estimate of drug-likeness (QED) is 0.417. The van der Waals surface area contributed by atoms with Gasteiger partial charge in [-0.3, -0.25) is 4.99 Å². The van der Waals surface area contributed by atoms with Crippen LogP contribution in [0.3, 0.4) is 0 Å². The molecule has 114 valence electrons. The van der Waals surface area contributed by atoms with E-state index in [9.17, 15) is 0 Å². The van der Waals surface area contributed by atoms with Gasteiger partial charge in [0.05, 0.1) is 6.54 Å². The Morgan fingerprint density at radius 2 is 2.35 bits per heavy atom. The fourth-order valence-electron chi connectivity index (χ4n) is 2.08. The third-order valence-electron chi connectivity index (χ3n) is 3.11. The highest BCUT2D eigenvalue weighted by atomic mass is 127. The minimum absolute atomic E-state index is 0. The maximum absolute atomic E-state index is 4.69. The molecule has 0 aliphatic carbocycles. The summed E-state index contributed by atoms with van der Waals surface area (Å²) in [6.45, 7) is 4.92. The van der Waals surface area contributed by atoms with Crippen molar-refractivity contribution in [3.05, 3.63) is 22.4 Å². The Morgan fingerprint density at radius 3 is 3.00 bits per heavy atom. The maximum Gasteiger partial charge on any atom is 0.191 e. The summed E-state index contributed by atoms with van der Waals surface area (Å²) in [5.74, 6) is 2.27. The van der Waals surface area contributed by atoms with Crippen molar-refractivity contribution in [2.24, 2.45) is 4.99 Å². The van der Waals surface area contributed by atoms with Crippen LogP contribution in [-0.4, -0.2) is 36.6 Å². The number of nitrogens with one attached hydrogen (secondary N) is 2. The van der Waals surface area contributed by atoms with Gasteiger partial charge in [-0.15, -0.1) is 24.0 Å². The summed E-state index contributed by atoms with van der Waals surface area (Å²) >= 11 is 3.82. The lowest BCUT2D eigenvalue weighted by Gasteiger charge is -2.12. The molecule has 1 aliphatic heterocycles. The zero-order chi connectivity index (χ0) is 13.3. The molecular weight excluding hydrogens is 401 g/mol. The number of rotatable bonds is 6. The predicted octanol–water partition coefficient (Wildman–Crippen LogP) is 3.36. The summed E-state index contributed by atoms with van der Waals surface area (Å²) in [5.41, 5.74) is 1.40. The normalized spacial score (nSPS) is 18.6. The highest BCUT2D eigenvalue weighted by Gasteiger charge is 2.14. The molecule has 1 aliphatic rings. The van der Waals surface area contributed by atoms with Crippen LogP contribution in [0.4, 0.5) is 0 Å². The third-order valence-corrected chi connectivity index (χ3v) is 5.22. The van der Waals surface area contributed by atoms with Gasteiger partial charge in [0.25, 0.3) is 0 Å². The van der Waals surface area contributed by atoms with Gasteiger partial charge in [-0.25, -0.2) is 0 Å². The highest BCUT2D eigenvalue weighted by molar-refractivity contribution is 14.0. The molecule has 0 amide bonds. The SMILES string of the molecule is CCNC(=NCC1CCCS1)NCCc1ccsc1.I. The number of thioether (sulfide) groups is 1. The summed E-state index contributed by atoms with van der Waals surface area (Å²) < 4.78 is 0. The summed E-state index contributed by atoms with van der Waals surface area (Å²) in [6.07, 6.45) is 3.74. The van der Waals surface area contributed by atoms with E-state index in [1.54, 1.807) is 11.3 Å². The van der Waals surface area contributed by atoms with Gasteiger partial charge in [0.15, 0.2) is 5.96 Å². The van der Waals surface area contributed by atoms with E-state index >= 15 is 0 Å². The molecule has 1 atom stereocenters. The second-order valence-electron chi connectivity index (χ2n) is 4.66. The van der Waals surface area contributed by atoms with Crippen molar-refractivity contribution < 1.29 is 0 Å². The van der Waals surface area contributed by atoms with Gasteiger partial charge < -0.3 is 10.6 Å². The first-order chi connectivity index (χ1) is 9.38. The van der Waals surface area contributed by atoms with E-state index in [4.69, 9.17) is 4.99 Å². The fraction of sp³-hybridized carbons (Fsp3) is 0.643. The standard InChI is InChI=1S/C14H23N3S2.HI/c1-2-15-14(17-10-13-4-3-8-19-13)16-7-5-12-6-9-18-11-12;/h6,9,11,13H,2-5,7-8,10H2,1H3,(H2,15,16,17);1H. The summed E-state index contributed by atoms with van der Waals surface area (Å²) in [4.78, 5) is 4.69. The molecule has 1 fully saturated rings. The van der Waals surface area contributed by atoms with Crippen LogP contribution < -0.4 is 10.6 Å². The summed E-state index contributed by atoms with van der Waals surface area (Å²) in [6, 6.07) is 2.19. The molecular formula is C14H24IN3S2. The first kappa shape index (κ1) is 18.1. The number of hydrogen-bond donors (Lipinski definition) is 2. The van der Waals surface area contributed by atoms with Crippen molar-refractivity contribution in [2.75, 3.05) is 25.4 Å². The first-order valence-corrected chi connectivity index (χ1v) is 9.02. The first-order valence-electron chi connectivity index (χ1n) is 7.03. The largest absolute Gasteiger partial charge is 0.357 e. The van der Waals surface area contributed by atoms with Crippen molar-refractivity contribution in [3.63, 3.8) is 0 Å². The minimum Gasteiger partial charge on any atom is -0.357 e. The van der Waals surface area contributed by atoms with Crippen molar-refractivity contribution in [1.82, 2.24) is 10.6 Å². The number of nitrogens with zero attached hydrogens (tertiary/aromatic N) is 1. The number of halogens is 1. The summed E-state index contributed by atoms with van der Waals surface area (Å²) in [5, 5.41) is 11.8. The molecule has 20 heavy (non-hydrogen) atoms. The molecule has 2 heterocycles. The van der Waals surface area contributed by atoms with Gasteiger partial charge in [-0.2, -0.15) is 23.1 Å². The van der Waals surface area contributed by atoms with Gasteiger partial charge >= 0.3 is 0 Å². The van der Waals surface area contributed by atoms with Crippen LogP contribution in [0.25, 0.3) is 0 Å².